The molecule has 4 aliphatic carbocycles. The van der Waals surface area contributed by atoms with Gasteiger partial charge in [-0.1, -0.05) is 12.8 Å². The van der Waals surface area contributed by atoms with Crippen molar-refractivity contribution in [2.24, 2.45) is 21.7 Å². The minimum Gasteiger partial charge on any atom is -0.334 e. The van der Waals surface area contributed by atoms with Crippen LogP contribution in [0.4, 0.5) is 17.6 Å². The van der Waals surface area contributed by atoms with E-state index in [9.17, 15) is 27.2 Å². The van der Waals surface area contributed by atoms with Gasteiger partial charge in [-0.15, -0.1) is 0 Å². The molecule has 6 aliphatic rings. The van der Waals surface area contributed by atoms with Gasteiger partial charge in [0.25, 0.3) is 11.8 Å². The van der Waals surface area contributed by atoms with Crippen LogP contribution in [-0.2, 0) is 9.59 Å². The van der Waals surface area contributed by atoms with Crippen LogP contribution < -0.4 is 0 Å². The second kappa shape index (κ2) is 5.34. The Morgan fingerprint density at radius 2 is 0.767 bits per heavy atom. The van der Waals surface area contributed by atoms with Gasteiger partial charge in [0, 0.05) is 47.8 Å². The molecule has 2 amide bonds. The summed E-state index contributed by atoms with van der Waals surface area (Å²) in [5, 5.41) is 0. The summed E-state index contributed by atoms with van der Waals surface area (Å²) in [5.41, 5.74) is -3.67. The van der Waals surface area contributed by atoms with Crippen molar-refractivity contribution >= 4 is 11.8 Å². The quantitative estimate of drug-likeness (QED) is 0.435. The van der Waals surface area contributed by atoms with Gasteiger partial charge in [-0.05, 0) is 51.4 Å². The van der Waals surface area contributed by atoms with Crippen LogP contribution in [-0.4, -0.2) is 59.6 Å². The zero-order valence-electron chi connectivity index (χ0n) is 17.1. The fourth-order valence-electron chi connectivity index (χ4n) is 8.17. The number of amides is 2. The van der Waals surface area contributed by atoms with Crippen LogP contribution in [0.5, 0.6) is 0 Å². The minimum absolute atomic E-state index is 0.181. The number of hydrogen-bond acceptors (Lipinski definition) is 2. The Hall–Kier alpha value is -1.34. The van der Waals surface area contributed by atoms with Crippen LogP contribution in [0, 0.1) is 21.7 Å². The minimum atomic E-state index is -2.65. The number of nitrogens with zero attached hydrogens (tertiary/aromatic N) is 2. The molecular weight excluding hydrogens is 400 g/mol. The van der Waals surface area contributed by atoms with E-state index in [2.05, 4.69) is 0 Å². The van der Waals surface area contributed by atoms with Crippen LogP contribution in [0.2, 0.25) is 0 Å². The number of hydrogen-bond donors (Lipinski definition) is 0. The number of alkyl halides is 4. The fourth-order valence-corrected chi connectivity index (χ4v) is 8.17. The summed E-state index contributed by atoms with van der Waals surface area (Å²) >= 11 is 0. The molecule has 8 heteroatoms. The van der Waals surface area contributed by atoms with Crippen molar-refractivity contribution in [3.05, 3.63) is 0 Å². The van der Waals surface area contributed by atoms with Gasteiger partial charge in [-0.3, -0.25) is 9.59 Å². The zero-order valence-corrected chi connectivity index (χ0v) is 17.1. The van der Waals surface area contributed by atoms with Gasteiger partial charge in [0.05, 0.1) is 0 Å². The van der Waals surface area contributed by atoms with E-state index in [-0.39, 0.29) is 51.9 Å². The SMILES string of the molecule is O=C(C(=O)N1CCC2(CC1)C(F)(F)C21CCC1)N1CCC2(CC1)C(F)(F)C21CCC1. The van der Waals surface area contributed by atoms with Crippen molar-refractivity contribution in [2.75, 3.05) is 26.2 Å². The molecule has 0 N–H and O–H groups in total. The van der Waals surface area contributed by atoms with Gasteiger partial charge in [0.15, 0.2) is 0 Å². The Bertz CT molecular complexity index is 749. The van der Waals surface area contributed by atoms with E-state index in [0.29, 0.717) is 25.7 Å². The predicted molar refractivity (Wildman–Crippen MR) is 99.0 cm³/mol. The number of likely N-dealkylation sites (tertiary alicyclic amines) is 2. The smallest absolute Gasteiger partial charge is 0.312 e. The molecule has 0 atom stereocenters. The first-order valence-corrected chi connectivity index (χ1v) is 11.5. The van der Waals surface area contributed by atoms with E-state index in [1.165, 1.54) is 9.80 Å². The van der Waals surface area contributed by atoms with Crippen molar-refractivity contribution in [3.8, 4) is 0 Å². The van der Waals surface area contributed by atoms with Gasteiger partial charge < -0.3 is 9.80 Å². The van der Waals surface area contributed by atoms with Gasteiger partial charge in [-0.25, -0.2) is 17.6 Å². The molecule has 6 fully saturated rings. The lowest BCUT2D eigenvalue weighted by Gasteiger charge is -2.39. The summed E-state index contributed by atoms with van der Waals surface area (Å²) in [7, 11) is 0. The average Bonchev–Trinajstić information content (AvgIpc) is 3.29. The second-order valence-corrected chi connectivity index (χ2v) is 10.8. The summed E-state index contributed by atoms with van der Waals surface area (Å²) in [6.07, 6.45) is 4.93. The van der Waals surface area contributed by atoms with E-state index < -0.39 is 45.3 Å². The van der Waals surface area contributed by atoms with E-state index in [1.54, 1.807) is 0 Å². The largest absolute Gasteiger partial charge is 0.334 e. The lowest BCUT2D eigenvalue weighted by Crippen LogP contribution is -2.51. The first-order chi connectivity index (χ1) is 14.1. The third kappa shape index (κ3) is 1.73. The molecule has 4 nitrogen and oxygen atoms in total. The van der Waals surface area contributed by atoms with Crippen molar-refractivity contribution in [1.82, 2.24) is 9.80 Å². The summed E-state index contributed by atoms with van der Waals surface area (Å²) in [4.78, 5) is 28.3. The zero-order chi connectivity index (χ0) is 21.2. The van der Waals surface area contributed by atoms with Gasteiger partial charge in [0.2, 0.25) is 0 Å². The molecule has 6 rings (SSSR count). The molecule has 166 valence electrons. The van der Waals surface area contributed by atoms with E-state index in [0.717, 1.165) is 12.8 Å². The molecule has 2 aliphatic heterocycles. The highest BCUT2D eigenvalue weighted by molar-refractivity contribution is 6.34. The van der Waals surface area contributed by atoms with Crippen LogP contribution >= 0.6 is 0 Å². The highest BCUT2D eigenvalue weighted by Gasteiger charge is 2.92. The van der Waals surface area contributed by atoms with Crippen molar-refractivity contribution in [1.29, 1.82) is 0 Å². The maximum absolute atomic E-state index is 14.5. The molecule has 0 aromatic heterocycles. The van der Waals surface area contributed by atoms with Crippen LogP contribution in [0.3, 0.4) is 0 Å². The summed E-state index contributed by atoms with van der Waals surface area (Å²) in [6.45, 7) is 0.726. The lowest BCUT2D eigenvalue weighted by molar-refractivity contribution is -0.154. The monoisotopic (exact) mass is 428 g/mol. The van der Waals surface area contributed by atoms with Crippen molar-refractivity contribution in [3.63, 3.8) is 0 Å². The number of carbonyl (C=O) groups is 2. The number of carbonyl (C=O) groups excluding carboxylic acids is 2. The lowest BCUT2D eigenvalue weighted by atomic mass is 9.72. The number of halogens is 4. The Morgan fingerprint density at radius 1 is 0.500 bits per heavy atom. The molecule has 4 saturated carbocycles. The third-order valence-electron chi connectivity index (χ3n) is 10.5. The molecule has 0 unspecified atom stereocenters. The van der Waals surface area contributed by atoms with Crippen molar-refractivity contribution < 1.29 is 27.2 Å². The second-order valence-electron chi connectivity index (χ2n) is 10.8. The van der Waals surface area contributed by atoms with Crippen LogP contribution in [0.1, 0.15) is 64.2 Å². The average molecular weight is 428 g/mol. The molecule has 30 heavy (non-hydrogen) atoms. The number of rotatable bonds is 0. The molecule has 0 radical (unpaired) electrons. The molecule has 0 aromatic carbocycles. The first kappa shape index (κ1) is 19.4. The Labute approximate surface area is 173 Å². The Balaban J connectivity index is 1.07. The van der Waals surface area contributed by atoms with Crippen LogP contribution in [0.25, 0.3) is 0 Å². The van der Waals surface area contributed by atoms with Gasteiger partial charge >= 0.3 is 11.8 Å². The molecule has 2 saturated heterocycles. The maximum Gasteiger partial charge on any atom is 0.312 e. The number of piperidine rings is 2. The molecular formula is C22H28F4N2O2. The third-order valence-corrected chi connectivity index (χ3v) is 10.5. The van der Waals surface area contributed by atoms with Crippen molar-refractivity contribution in [2.45, 2.75) is 76.1 Å². The molecule has 0 bridgehead atoms. The summed E-state index contributed by atoms with van der Waals surface area (Å²) < 4.78 is 58.2. The molecule has 0 aromatic rings. The standard InChI is InChI=1S/C22H28F4N2O2/c23-21(24)17(3-1-4-17)19(21)7-11-27(12-8-19)15(29)16(30)28-13-9-20(10-14-28)18(5-2-6-18)22(20,25)26/h1-14H2. The molecule has 2 heterocycles. The molecule has 4 spiro atoms. The van der Waals surface area contributed by atoms with E-state index >= 15 is 0 Å². The number of fused-ring (bicyclic) bond motifs is 2. The maximum atomic E-state index is 14.5. The first-order valence-electron chi connectivity index (χ1n) is 11.5. The normalized spacial score (nSPS) is 34.5. The topological polar surface area (TPSA) is 40.6 Å². The van der Waals surface area contributed by atoms with E-state index in [4.69, 9.17) is 0 Å². The fraction of sp³-hybridized carbons (Fsp3) is 0.909. The highest BCUT2D eigenvalue weighted by atomic mass is 19.3. The Kier molecular flexibility index (Phi) is 3.45. The van der Waals surface area contributed by atoms with E-state index in [1.807, 2.05) is 0 Å². The van der Waals surface area contributed by atoms with Gasteiger partial charge in [0.1, 0.15) is 0 Å². The summed E-state index contributed by atoms with van der Waals surface area (Å²) in [6, 6.07) is 0. The predicted octanol–water partition coefficient (Wildman–Crippen LogP) is 3.84. The van der Waals surface area contributed by atoms with Crippen LogP contribution in [0.15, 0.2) is 0 Å². The summed E-state index contributed by atoms with van der Waals surface area (Å²) in [5.74, 6) is -6.61. The van der Waals surface area contributed by atoms with Gasteiger partial charge in [-0.2, -0.15) is 0 Å². The Morgan fingerprint density at radius 3 is 0.967 bits per heavy atom. The highest BCUT2D eigenvalue weighted by Crippen LogP contribution is 2.86.